The molecule has 0 radical (unpaired) electrons. The Kier molecular flexibility index (Phi) is 12.1. The highest BCUT2D eigenvalue weighted by atomic mass is 32.2. The predicted octanol–water partition coefficient (Wildman–Crippen LogP) is 1.47. The Morgan fingerprint density at radius 2 is 1.79 bits per heavy atom. The average molecular weight is 604 g/mol. The van der Waals surface area contributed by atoms with E-state index < -0.39 is 48.0 Å². The number of amides is 2. The van der Waals surface area contributed by atoms with Crippen LogP contribution >= 0.6 is 11.8 Å². The highest BCUT2D eigenvalue weighted by Gasteiger charge is 2.40. The van der Waals surface area contributed by atoms with E-state index in [0.717, 1.165) is 36.0 Å². The standard InChI is InChI=1S/C29H37N3O9S/c1-2-6-22(24-18-10-9-17(14-19(18)29(40)41-24)13-16-7-4-3-5-8-16)42-15-21(25(34)32-26(35)28(38)39)31-23(33)12-11-20(30)27(36)37/h3-5,7-8,14,19-22,26,35H,2,6,9-13,15,30H2,1H3,(H,31,33)(H,32,34)(H,36,37)(H,38,39)/t19-,20+,21+,22-,26+/m1/s1. The number of aliphatic carboxylic acids is 2. The van der Waals surface area contributed by atoms with E-state index in [9.17, 15) is 29.1 Å². The molecule has 3 rings (SSSR count). The molecule has 0 saturated heterocycles. The van der Waals surface area contributed by atoms with Gasteiger partial charge in [0.1, 0.15) is 23.8 Å². The number of benzene rings is 1. The van der Waals surface area contributed by atoms with Gasteiger partial charge in [-0.15, -0.1) is 11.8 Å². The predicted molar refractivity (Wildman–Crippen MR) is 154 cm³/mol. The van der Waals surface area contributed by atoms with Crippen LogP contribution in [0.2, 0.25) is 0 Å². The van der Waals surface area contributed by atoms with Gasteiger partial charge in [0.2, 0.25) is 18.0 Å². The molecule has 0 bridgehead atoms. The Bertz CT molecular complexity index is 1230. The van der Waals surface area contributed by atoms with Crippen LogP contribution in [0.1, 0.15) is 51.0 Å². The highest BCUT2D eigenvalue weighted by molar-refractivity contribution is 8.00. The van der Waals surface area contributed by atoms with Gasteiger partial charge in [0.25, 0.3) is 0 Å². The van der Waals surface area contributed by atoms with Gasteiger partial charge in [-0.25, -0.2) is 4.79 Å². The van der Waals surface area contributed by atoms with Crippen molar-refractivity contribution in [3.05, 3.63) is 58.9 Å². The molecule has 13 heteroatoms. The van der Waals surface area contributed by atoms with E-state index in [2.05, 4.69) is 5.32 Å². The smallest absolute Gasteiger partial charge is 0.353 e. The van der Waals surface area contributed by atoms with Gasteiger partial charge in [0.15, 0.2) is 0 Å². The number of carboxylic acid groups (broad SMARTS) is 2. The second-order valence-corrected chi connectivity index (χ2v) is 11.5. The lowest BCUT2D eigenvalue weighted by Gasteiger charge is -2.24. The maximum atomic E-state index is 12.9. The number of aliphatic hydroxyl groups is 1. The number of fused-ring (bicyclic) bond motifs is 1. The number of hydrogen-bond acceptors (Lipinski definition) is 9. The van der Waals surface area contributed by atoms with Crippen LogP contribution in [0.4, 0.5) is 0 Å². The van der Waals surface area contributed by atoms with Crippen molar-refractivity contribution in [1.29, 1.82) is 0 Å². The van der Waals surface area contributed by atoms with Crippen molar-refractivity contribution < 1.29 is 44.0 Å². The van der Waals surface area contributed by atoms with Gasteiger partial charge in [-0.3, -0.25) is 19.2 Å². The zero-order valence-electron chi connectivity index (χ0n) is 23.3. The number of aliphatic hydroxyl groups excluding tert-OH is 1. The van der Waals surface area contributed by atoms with Crippen LogP contribution < -0.4 is 16.4 Å². The maximum absolute atomic E-state index is 12.9. The number of carbonyl (C=O) groups is 5. The number of nitrogens with two attached hydrogens (primary N) is 1. The third kappa shape index (κ3) is 9.16. The Morgan fingerprint density at radius 3 is 2.43 bits per heavy atom. The molecule has 42 heavy (non-hydrogen) atoms. The summed E-state index contributed by atoms with van der Waals surface area (Å²) >= 11 is 1.27. The van der Waals surface area contributed by atoms with E-state index in [1.807, 2.05) is 48.6 Å². The topological polar surface area (TPSA) is 205 Å². The molecule has 0 fully saturated rings. The number of ether oxygens (including phenoxy) is 1. The SMILES string of the molecule is CCC[C@@H](SC[C@H](NC(=O)CC[C@H](N)C(=O)O)C(=O)N[C@@H](O)C(=O)O)C1=C2CCC(Cc3ccccc3)=C[C@H]2C(=O)O1. The minimum absolute atomic E-state index is 0.0341. The highest BCUT2D eigenvalue weighted by Crippen LogP contribution is 2.42. The lowest BCUT2D eigenvalue weighted by molar-refractivity contribution is -0.151. The quantitative estimate of drug-likeness (QED) is 0.0906. The molecule has 0 aromatic heterocycles. The molecule has 0 spiro atoms. The van der Waals surface area contributed by atoms with Crippen LogP contribution in [-0.2, 0) is 35.1 Å². The van der Waals surface area contributed by atoms with Crippen molar-refractivity contribution in [2.24, 2.45) is 11.7 Å². The first-order valence-corrected chi connectivity index (χ1v) is 14.8. The van der Waals surface area contributed by atoms with E-state index in [1.165, 1.54) is 11.8 Å². The number of thioether (sulfide) groups is 1. The zero-order valence-corrected chi connectivity index (χ0v) is 24.1. The lowest BCUT2D eigenvalue weighted by Crippen LogP contribution is -2.53. The van der Waals surface area contributed by atoms with Gasteiger partial charge in [-0.1, -0.05) is 55.3 Å². The van der Waals surface area contributed by atoms with Crippen LogP contribution in [0.3, 0.4) is 0 Å². The number of cyclic esters (lactones) is 1. The summed E-state index contributed by atoms with van der Waals surface area (Å²) in [6, 6.07) is 7.45. The largest absolute Gasteiger partial charge is 0.480 e. The summed E-state index contributed by atoms with van der Waals surface area (Å²) < 4.78 is 5.78. The summed E-state index contributed by atoms with van der Waals surface area (Å²) in [7, 11) is 0. The molecule has 1 aromatic rings. The van der Waals surface area contributed by atoms with Gasteiger partial charge in [-0.05, 0) is 43.2 Å². The van der Waals surface area contributed by atoms with E-state index in [-0.39, 0.29) is 29.8 Å². The lowest BCUT2D eigenvalue weighted by atomic mass is 9.83. The molecule has 0 unspecified atom stereocenters. The molecule has 1 aliphatic carbocycles. The molecule has 12 nitrogen and oxygen atoms in total. The number of rotatable bonds is 16. The van der Waals surface area contributed by atoms with Crippen molar-refractivity contribution in [3.63, 3.8) is 0 Å². The maximum Gasteiger partial charge on any atom is 0.353 e. The van der Waals surface area contributed by atoms with E-state index in [4.69, 9.17) is 20.7 Å². The second-order valence-electron chi connectivity index (χ2n) is 10.2. The van der Waals surface area contributed by atoms with E-state index in [1.54, 1.807) is 0 Å². The molecule has 0 saturated carbocycles. The molecule has 2 amide bonds. The number of allylic oxidation sites excluding steroid dienone is 1. The Morgan fingerprint density at radius 1 is 1.07 bits per heavy atom. The molecule has 1 heterocycles. The van der Waals surface area contributed by atoms with E-state index >= 15 is 0 Å². The van der Waals surface area contributed by atoms with Gasteiger partial charge in [-0.2, -0.15) is 0 Å². The molecular weight excluding hydrogens is 566 g/mol. The first-order chi connectivity index (χ1) is 20.0. The minimum Gasteiger partial charge on any atom is -0.480 e. The number of carboxylic acids is 2. The fraction of sp³-hybridized carbons (Fsp3) is 0.483. The number of hydrogen-bond donors (Lipinski definition) is 6. The monoisotopic (exact) mass is 603 g/mol. The Balaban J connectivity index is 1.74. The van der Waals surface area contributed by atoms with Gasteiger partial charge >= 0.3 is 17.9 Å². The summed E-state index contributed by atoms with van der Waals surface area (Å²) in [4.78, 5) is 60.2. The molecular formula is C29H37N3O9S. The first-order valence-electron chi connectivity index (χ1n) is 13.8. The number of esters is 1. The minimum atomic E-state index is -2.19. The van der Waals surface area contributed by atoms with Crippen molar-refractivity contribution in [3.8, 4) is 0 Å². The summed E-state index contributed by atoms with van der Waals surface area (Å²) in [5, 5.41) is 31.6. The number of nitrogens with one attached hydrogen (secondary N) is 2. The summed E-state index contributed by atoms with van der Waals surface area (Å²) in [5.41, 5.74) is 8.67. The fourth-order valence-corrected chi connectivity index (χ4v) is 6.21. The summed E-state index contributed by atoms with van der Waals surface area (Å²) in [6.07, 6.45) is 2.85. The second kappa shape index (κ2) is 15.5. The van der Waals surface area contributed by atoms with Gasteiger partial charge in [0, 0.05) is 12.2 Å². The van der Waals surface area contributed by atoms with Crippen molar-refractivity contribution in [2.45, 2.75) is 75.4 Å². The molecule has 1 aromatic carbocycles. The van der Waals surface area contributed by atoms with Crippen molar-refractivity contribution in [2.75, 3.05) is 5.75 Å². The Labute approximate surface area is 247 Å². The molecule has 228 valence electrons. The first kappa shape index (κ1) is 32.8. The fourth-order valence-electron chi connectivity index (χ4n) is 4.79. The summed E-state index contributed by atoms with van der Waals surface area (Å²) in [5.74, 6) is -4.86. The van der Waals surface area contributed by atoms with Crippen LogP contribution in [0.25, 0.3) is 0 Å². The average Bonchev–Trinajstić information content (AvgIpc) is 3.28. The third-order valence-electron chi connectivity index (χ3n) is 7.02. The molecule has 2 aliphatic rings. The normalized spacial score (nSPS) is 19.1. The molecule has 7 N–H and O–H groups in total. The number of carbonyl (C=O) groups excluding carboxylic acids is 3. The third-order valence-corrected chi connectivity index (χ3v) is 8.40. The van der Waals surface area contributed by atoms with Gasteiger partial charge < -0.3 is 36.4 Å². The van der Waals surface area contributed by atoms with Crippen LogP contribution in [0.5, 0.6) is 0 Å². The van der Waals surface area contributed by atoms with Gasteiger partial charge in [0.05, 0.1) is 5.25 Å². The zero-order chi connectivity index (χ0) is 30.8. The molecule has 1 aliphatic heterocycles. The van der Waals surface area contributed by atoms with Crippen molar-refractivity contribution in [1.82, 2.24) is 10.6 Å². The van der Waals surface area contributed by atoms with Crippen LogP contribution in [-0.4, -0.2) is 74.4 Å². The molecule has 5 atom stereocenters. The van der Waals surface area contributed by atoms with Crippen LogP contribution in [0, 0.1) is 5.92 Å². The Hall–Kier alpha value is -3.68. The van der Waals surface area contributed by atoms with Crippen LogP contribution in [0.15, 0.2) is 53.3 Å². The van der Waals surface area contributed by atoms with E-state index in [0.29, 0.717) is 18.6 Å². The van der Waals surface area contributed by atoms with Crippen molar-refractivity contribution >= 4 is 41.5 Å². The summed E-state index contributed by atoms with van der Waals surface area (Å²) in [6.45, 7) is 1.96.